The molecule has 0 spiro atoms. The van der Waals surface area contributed by atoms with Crippen molar-refractivity contribution >= 4 is 17.6 Å². The number of aryl methyl sites for hydroxylation is 1. The van der Waals surface area contributed by atoms with Crippen LogP contribution in [0, 0.1) is 6.92 Å². The second kappa shape index (κ2) is 7.85. The molecule has 0 atom stereocenters. The highest BCUT2D eigenvalue weighted by Crippen LogP contribution is 2.30. The summed E-state index contributed by atoms with van der Waals surface area (Å²) in [6, 6.07) is 17.0. The summed E-state index contributed by atoms with van der Waals surface area (Å²) in [5.74, 6) is 0.576. The van der Waals surface area contributed by atoms with Gasteiger partial charge in [0.2, 0.25) is 0 Å². The van der Waals surface area contributed by atoms with Crippen molar-refractivity contribution in [2.75, 3.05) is 6.61 Å². The van der Waals surface area contributed by atoms with Crippen LogP contribution in [0.5, 0.6) is 5.75 Å². The number of benzene rings is 2. The Bertz CT molecular complexity index is 861. The van der Waals surface area contributed by atoms with Crippen LogP contribution in [-0.4, -0.2) is 17.7 Å². The molecule has 128 valence electrons. The standard InChI is InChI=1S/C19H16ClNO4/c1-13-9-16(21-25-13)11-24-19(22)12-23-18-8-7-15(10-17(18)20)14-5-3-2-4-6-14/h2-10H,11-12H2,1H3. The zero-order chi connectivity index (χ0) is 17.6. The summed E-state index contributed by atoms with van der Waals surface area (Å²) in [7, 11) is 0. The maximum Gasteiger partial charge on any atom is 0.344 e. The summed E-state index contributed by atoms with van der Waals surface area (Å²) < 4.78 is 15.4. The van der Waals surface area contributed by atoms with E-state index in [-0.39, 0.29) is 13.2 Å². The highest BCUT2D eigenvalue weighted by Gasteiger charge is 2.10. The monoisotopic (exact) mass is 357 g/mol. The Kier molecular flexibility index (Phi) is 5.36. The Labute approximate surface area is 150 Å². The van der Waals surface area contributed by atoms with Gasteiger partial charge in [0.1, 0.15) is 23.8 Å². The highest BCUT2D eigenvalue weighted by atomic mass is 35.5. The van der Waals surface area contributed by atoms with E-state index in [2.05, 4.69) is 5.16 Å². The summed E-state index contributed by atoms with van der Waals surface area (Å²) in [5, 5.41) is 4.18. The summed E-state index contributed by atoms with van der Waals surface area (Å²) in [6.07, 6.45) is 0. The molecule has 1 heterocycles. The molecule has 2 aromatic carbocycles. The molecule has 5 nitrogen and oxygen atoms in total. The van der Waals surface area contributed by atoms with Gasteiger partial charge in [-0.3, -0.25) is 0 Å². The number of nitrogens with zero attached hydrogens (tertiary/aromatic N) is 1. The minimum atomic E-state index is -0.510. The fourth-order valence-corrected chi connectivity index (χ4v) is 2.48. The number of hydrogen-bond donors (Lipinski definition) is 0. The Balaban J connectivity index is 1.55. The average molecular weight is 358 g/mol. The van der Waals surface area contributed by atoms with E-state index in [0.29, 0.717) is 22.2 Å². The van der Waals surface area contributed by atoms with Gasteiger partial charge in [-0.2, -0.15) is 0 Å². The van der Waals surface area contributed by atoms with Crippen LogP contribution in [0.15, 0.2) is 59.1 Å². The summed E-state index contributed by atoms with van der Waals surface area (Å²) in [5.41, 5.74) is 2.58. The van der Waals surface area contributed by atoms with Gasteiger partial charge in [0.05, 0.1) is 5.02 Å². The lowest BCUT2D eigenvalue weighted by Gasteiger charge is -2.09. The van der Waals surface area contributed by atoms with E-state index in [1.807, 2.05) is 36.4 Å². The van der Waals surface area contributed by atoms with Gasteiger partial charge in [0.15, 0.2) is 6.61 Å². The molecule has 0 unspecified atom stereocenters. The maximum atomic E-state index is 11.7. The molecule has 0 saturated carbocycles. The molecule has 0 fully saturated rings. The van der Waals surface area contributed by atoms with E-state index in [9.17, 15) is 4.79 Å². The van der Waals surface area contributed by atoms with Crippen LogP contribution < -0.4 is 4.74 Å². The van der Waals surface area contributed by atoms with Crippen LogP contribution in [0.4, 0.5) is 0 Å². The van der Waals surface area contributed by atoms with Gasteiger partial charge in [0.25, 0.3) is 0 Å². The fraction of sp³-hybridized carbons (Fsp3) is 0.158. The predicted octanol–water partition coefficient (Wildman–Crippen LogP) is 4.43. The molecule has 0 saturated heterocycles. The molecule has 1 aromatic heterocycles. The topological polar surface area (TPSA) is 61.6 Å². The van der Waals surface area contributed by atoms with E-state index in [1.165, 1.54) is 0 Å². The van der Waals surface area contributed by atoms with Crippen molar-refractivity contribution in [2.24, 2.45) is 0 Å². The van der Waals surface area contributed by atoms with Crippen molar-refractivity contribution < 1.29 is 18.8 Å². The van der Waals surface area contributed by atoms with E-state index in [4.69, 9.17) is 25.6 Å². The predicted molar refractivity (Wildman–Crippen MR) is 93.4 cm³/mol. The second-order valence-corrected chi connectivity index (χ2v) is 5.80. The zero-order valence-corrected chi connectivity index (χ0v) is 14.3. The van der Waals surface area contributed by atoms with Crippen LogP contribution in [0.2, 0.25) is 5.02 Å². The molecule has 6 heteroatoms. The van der Waals surface area contributed by atoms with Crippen molar-refractivity contribution in [1.82, 2.24) is 5.16 Å². The number of carbonyl (C=O) groups is 1. The largest absolute Gasteiger partial charge is 0.480 e. The second-order valence-electron chi connectivity index (χ2n) is 5.39. The van der Waals surface area contributed by atoms with Gasteiger partial charge < -0.3 is 14.0 Å². The van der Waals surface area contributed by atoms with E-state index < -0.39 is 5.97 Å². The van der Waals surface area contributed by atoms with E-state index >= 15 is 0 Å². The minimum Gasteiger partial charge on any atom is -0.480 e. The van der Waals surface area contributed by atoms with E-state index in [1.54, 1.807) is 25.1 Å². The van der Waals surface area contributed by atoms with Crippen molar-refractivity contribution in [3.8, 4) is 16.9 Å². The molecule has 0 radical (unpaired) electrons. The molecule has 0 aliphatic carbocycles. The molecule has 0 bridgehead atoms. The first-order chi connectivity index (χ1) is 12.1. The molecule has 0 N–H and O–H groups in total. The van der Waals surface area contributed by atoms with Gasteiger partial charge in [-0.15, -0.1) is 0 Å². The van der Waals surface area contributed by atoms with Crippen LogP contribution in [0.3, 0.4) is 0 Å². The summed E-state index contributed by atoms with van der Waals surface area (Å²) in [6.45, 7) is 1.57. The third kappa shape index (κ3) is 4.61. The van der Waals surface area contributed by atoms with Gasteiger partial charge in [-0.05, 0) is 30.2 Å². The Morgan fingerprint density at radius 1 is 1.12 bits per heavy atom. The first-order valence-electron chi connectivity index (χ1n) is 7.67. The van der Waals surface area contributed by atoms with Gasteiger partial charge in [-0.25, -0.2) is 4.79 Å². The third-order valence-corrected chi connectivity index (χ3v) is 3.74. The van der Waals surface area contributed by atoms with Crippen molar-refractivity contribution in [3.05, 3.63) is 71.1 Å². The first kappa shape index (κ1) is 17.0. The number of esters is 1. The van der Waals surface area contributed by atoms with Crippen LogP contribution in [0.1, 0.15) is 11.5 Å². The van der Waals surface area contributed by atoms with Crippen LogP contribution in [-0.2, 0) is 16.1 Å². The molecular formula is C19H16ClNO4. The lowest BCUT2D eigenvalue weighted by molar-refractivity contribution is -0.147. The molecule has 0 aliphatic heterocycles. The van der Waals surface area contributed by atoms with Gasteiger partial charge >= 0.3 is 5.97 Å². The minimum absolute atomic E-state index is 0.0419. The SMILES string of the molecule is Cc1cc(COC(=O)COc2ccc(-c3ccccc3)cc2Cl)no1. The van der Waals surface area contributed by atoms with Crippen LogP contribution >= 0.6 is 11.6 Å². The molecular weight excluding hydrogens is 342 g/mol. The summed E-state index contributed by atoms with van der Waals surface area (Å²) in [4.78, 5) is 11.7. The van der Waals surface area contributed by atoms with Crippen molar-refractivity contribution in [2.45, 2.75) is 13.5 Å². The average Bonchev–Trinajstić information content (AvgIpc) is 3.05. The smallest absolute Gasteiger partial charge is 0.344 e. The van der Waals surface area contributed by atoms with E-state index in [0.717, 1.165) is 11.1 Å². The molecule has 0 amide bonds. The number of rotatable bonds is 6. The van der Waals surface area contributed by atoms with Crippen molar-refractivity contribution in [1.29, 1.82) is 0 Å². The number of carbonyl (C=O) groups excluding carboxylic acids is 1. The molecule has 25 heavy (non-hydrogen) atoms. The van der Waals surface area contributed by atoms with Gasteiger partial charge in [-0.1, -0.05) is 53.2 Å². The lowest BCUT2D eigenvalue weighted by atomic mass is 10.1. The number of hydrogen-bond acceptors (Lipinski definition) is 5. The third-order valence-electron chi connectivity index (χ3n) is 3.44. The molecule has 3 rings (SSSR count). The molecule has 3 aromatic rings. The number of halogens is 1. The first-order valence-corrected chi connectivity index (χ1v) is 8.05. The normalized spacial score (nSPS) is 10.5. The van der Waals surface area contributed by atoms with Crippen LogP contribution in [0.25, 0.3) is 11.1 Å². The zero-order valence-electron chi connectivity index (χ0n) is 13.6. The fourth-order valence-electron chi connectivity index (χ4n) is 2.25. The Hall–Kier alpha value is -2.79. The Morgan fingerprint density at radius 2 is 1.92 bits per heavy atom. The lowest BCUT2D eigenvalue weighted by Crippen LogP contribution is -2.15. The molecule has 0 aliphatic rings. The number of ether oxygens (including phenoxy) is 2. The Morgan fingerprint density at radius 3 is 2.60 bits per heavy atom. The highest BCUT2D eigenvalue weighted by molar-refractivity contribution is 6.32. The van der Waals surface area contributed by atoms with Crippen molar-refractivity contribution in [3.63, 3.8) is 0 Å². The number of aromatic nitrogens is 1. The maximum absolute atomic E-state index is 11.7. The van der Waals surface area contributed by atoms with Gasteiger partial charge in [0, 0.05) is 6.07 Å². The quantitative estimate of drug-likeness (QED) is 0.611. The summed E-state index contributed by atoms with van der Waals surface area (Å²) >= 11 is 6.24.